The number of Topliss-reactive ketones (excluding diaryl/α,β-unsaturated/α-hetero) is 1. The summed E-state index contributed by atoms with van der Waals surface area (Å²) in [6.07, 6.45) is 0. The van der Waals surface area contributed by atoms with Crippen molar-refractivity contribution in [3.05, 3.63) is 0 Å². The average Bonchev–Trinajstić information content (AvgIpc) is 2.14. The van der Waals surface area contributed by atoms with E-state index in [0.717, 1.165) is 5.04 Å². The van der Waals surface area contributed by atoms with E-state index in [4.69, 9.17) is 0 Å². The van der Waals surface area contributed by atoms with Crippen LogP contribution >= 0.6 is 11.8 Å². The van der Waals surface area contributed by atoms with Gasteiger partial charge < -0.3 is 0 Å². The SMILES string of the molecule is CC(=O)C1CN=C(C)S1. The van der Waals surface area contributed by atoms with E-state index in [1.807, 2.05) is 6.92 Å². The zero-order valence-electron chi connectivity index (χ0n) is 5.55. The Morgan fingerprint density at radius 3 is 2.78 bits per heavy atom. The highest BCUT2D eigenvalue weighted by Gasteiger charge is 2.20. The van der Waals surface area contributed by atoms with Crippen LogP contribution in [0.15, 0.2) is 4.99 Å². The maximum atomic E-state index is 10.7. The van der Waals surface area contributed by atoms with Crippen molar-refractivity contribution in [2.75, 3.05) is 6.54 Å². The van der Waals surface area contributed by atoms with Crippen molar-refractivity contribution in [3.8, 4) is 0 Å². The van der Waals surface area contributed by atoms with Crippen molar-refractivity contribution < 1.29 is 4.79 Å². The molecule has 1 rings (SSSR count). The summed E-state index contributed by atoms with van der Waals surface area (Å²) in [5.74, 6) is 0.237. The second-order valence-corrected chi connectivity index (χ2v) is 3.47. The van der Waals surface area contributed by atoms with Gasteiger partial charge >= 0.3 is 0 Å². The molecule has 9 heavy (non-hydrogen) atoms. The Balaban J connectivity index is 2.47. The summed E-state index contributed by atoms with van der Waals surface area (Å²) in [7, 11) is 0. The Morgan fingerprint density at radius 2 is 2.56 bits per heavy atom. The largest absolute Gasteiger partial charge is 0.299 e. The first-order valence-corrected chi connectivity index (χ1v) is 3.76. The standard InChI is InChI=1S/C6H9NOS/c1-4(8)6-3-7-5(2)9-6/h6H,3H2,1-2H3. The molecule has 1 unspecified atom stereocenters. The number of hydrogen-bond acceptors (Lipinski definition) is 3. The van der Waals surface area contributed by atoms with Gasteiger partial charge in [-0.2, -0.15) is 0 Å². The van der Waals surface area contributed by atoms with Gasteiger partial charge in [-0.1, -0.05) is 11.8 Å². The van der Waals surface area contributed by atoms with Crippen LogP contribution in [0.5, 0.6) is 0 Å². The van der Waals surface area contributed by atoms with Crippen molar-refractivity contribution in [3.63, 3.8) is 0 Å². The normalized spacial score (nSPS) is 26.0. The van der Waals surface area contributed by atoms with Crippen molar-refractivity contribution in [1.29, 1.82) is 0 Å². The summed E-state index contributed by atoms with van der Waals surface area (Å²) in [4.78, 5) is 14.8. The predicted octanol–water partition coefficient (Wildman–Crippen LogP) is 1.11. The van der Waals surface area contributed by atoms with Crippen LogP contribution < -0.4 is 0 Å². The minimum absolute atomic E-state index is 0.116. The zero-order valence-corrected chi connectivity index (χ0v) is 6.36. The van der Waals surface area contributed by atoms with Gasteiger partial charge in [-0.15, -0.1) is 0 Å². The third-order valence-electron chi connectivity index (χ3n) is 1.25. The molecule has 0 aromatic rings. The lowest BCUT2D eigenvalue weighted by Crippen LogP contribution is -2.13. The van der Waals surface area contributed by atoms with Gasteiger partial charge in [0.1, 0.15) is 5.78 Å². The fraction of sp³-hybridized carbons (Fsp3) is 0.667. The van der Waals surface area contributed by atoms with E-state index in [1.165, 1.54) is 0 Å². The average molecular weight is 143 g/mol. The lowest BCUT2D eigenvalue weighted by atomic mass is 10.3. The molecular formula is C6H9NOS. The third kappa shape index (κ3) is 1.55. The number of hydrogen-bond donors (Lipinski definition) is 0. The first-order chi connectivity index (χ1) is 4.20. The summed E-state index contributed by atoms with van der Waals surface area (Å²) in [5, 5.41) is 1.15. The van der Waals surface area contributed by atoms with Crippen LogP contribution in [-0.2, 0) is 4.79 Å². The van der Waals surface area contributed by atoms with Gasteiger partial charge in [-0.25, -0.2) is 0 Å². The van der Waals surface area contributed by atoms with Crippen molar-refractivity contribution in [2.45, 2.75) is 19.1 Å². The monoisotopic (exact) mass is 143 g/mol. The van der Waals surface area contributed by atoms with Crippen LogP contribution in [0.1, 0.15) is 13.8 Å². The summed E-state index contributed by atoms with van der Waals surface area (Å²) < 4.78 is 0. The summed E-state index contributed by atoms with van der Waals surface area (Å²) in [5.41, 5.74) is 0. The fourth-order valence-electron chi connectivity index (χ4n) is 0.703. The Hall–Kier alpha value is -0.310. The molecule has 0 aromatic heterocycles. The van der Waals surface area contributed by atoms with E-state index >= 15 is 0 Å². The second kappa shape index (κ2) is 2.52. The van der Waals surface area contributed by atoms with E-state index in [2.05, 4.69) is 4.99 Å². The molecule has 0 aromatic carbocycles. The highest BCUT2D eigenvalue weighted by Crippen LogP contribution is 2.20. The zero-order chi connectivity index (χ0) is 6.85. The molecule has 0 saturated heterocycles. The number of ketones is 1. The van der Waals surface area contributed by atoms with E-state index < -0.39 is 0 Å². The molecule has 3 heteroatoms. The number of aliphatic imine (C=N–C) groups is 1. The van der Waals surface area contributed by atoms with Crippen LogP contribution in [0.2, 0.25) is 0 Å². The van der Waals surface area contributed by atoms with Gasteiger partial charge in [0, 0.05) is 0 Å². The number of thioether (sulfide) groups is 1. The summed E-state index contributed by atoms with van der Waals surface area (Å²) in [6.45, 7) is 4.24. The molecule has 1 aliphatic heterocycles. The highest BCUT2D eigenvalue weighted by molar-refractivity contribution is 8.15. The van der Waals surface area contributed by atoms with Crippen LogP contribution in [0.4, 0.5) is 0 Å². The van der Waals surface area contributed by atoms with E-state index in [1.54, 1.807) is 18.7 Å². The first-order valence-electron chi connectivity index (χ1n) is 2.88. The van der Waals surface area contributed by atoms with E-state index in [9.17, 15) is 4.79 Å². The Kier molecular flexibility index (Phi) is 1.90. The van der Waals surface area contributed by atoms with Crippen molar-refractivity contribution >= 4 is 22.6 Å². The predicted molar refractivity (Wildman–Crippen MR) is 40.0 cm³/mol. The minimum Gasteiger partial charge on any atom is -0.299 e. The smallest absolute Gasteiger partial charge is 0.145 e. The molecule has 50 valence electrons. The lowest BCUT2D eigenvalue weighted by Gasteiger charge is -1.98. The van der Waals surface area contributed by atoms with Crippen molar-refractivity contribution in [2.24, 2.45) is 4.99 Å². The number of carbonyl (C=O) groups excluding carboxylic acids is 1. The molecule has 1 heterocycles. The van der Waals surface area contributed by atoms with Gasteiger partial charge in [0.15, 0.2) is 0 Å². The Labute approximate surface area is 58.7 Å². The van der Waals surface area contributed by atoms with E-state index in [-0.39, 0.29) is 11.0 Å². The molecular weight excluding hydrogens is 134 g/mol. The Bertz CT molecular complexity index is 164. The molecule has 0 amide bonds. The molecule has 0 aliphatic carbocycles. The van der Waals surface area contributed by atoms with Crippen LogP contribution in [0, 0.1) is 0 Å². The third-order valence-corrected chi connectivity index (χ3v) is 2.48. The maximum absolute atomic E-state index is 10.7. The molecule has 2 nitrogen and oxygen atoms in total. The molecule has 0 N–H and O–H groups in total. The first kappa shape index (κ1) is 6.81. The highest BCUT2D eigenvalue weighted by atomic mass is 32.2. The van der Waals surface area contributed by atoms with Crippen LogP contribution in [0.25, 0.3) is 0 Å². The van der Waals surface area contributed by atoms with Crippen LogP contribution in [-0.4, -0.2) is 22.6 Å². The maximum Gasteiger partial charge on any atom is 0.145 e. The number of carbonyl (C=O) groups is 1. The van der Waals surface area contributed by atoms with Gasteiger partial charge in [-0.3, -0.25) is 9.79 Å². The van der Waals surface area contributed by atoms with Crippen LogP contribution in [0.3, 0.4) is 0 Å². The fourth-order valence-corrected chi connectivity index (χ4v) is 1.58. The van der Waals surface area contributed by atoms with Gasteiger partial charge in [0.25, 0.3) is 0 Å². The molecule has 0 spiro atoms. The molecule has 0 saturated carbocycles. The van der Waals surface area contributed by atoms with E-state index in [0.29, 0.717) is 6.54 Å². The molecule has 0 radical (unpaired) electrons. The van der Waals surface area contributed by atoms with Gasteiger partial charge in [0.05, 0.1) is 16.8 Å². The molecule has 1 atom stereocenters. The quantitative estimate of drug-likeness (QED) is 0.550. The molecule has 1 aliphatic rings. The number of nitrogens with zero attached hydrogens (tertiary/aromatic N) is 1. The molecule has 0 fully saturated rings. The van der Waals surface area contributed by atoms with Gasteiger partial charge in [-0.05, 0) is 13.8 Å². The summed E-state index contributed by atoms with van der Waals surface area (Å²) in [6, 6.07) is 0. The number of rotatable bonds is 1. The summed E-state index contributed by atoms with van der Waals surface area (Å²) >= 11 is 1.57. The molecule has 0 bridgehead atoms. The van der Waals surface area contributed by atoms with Gasteiger partial charge in [0.2, 0.25) is 0 Å². The lowest BCUT2D eigenvalue weighted by molar-refractivity contribution is -0.116. The minimum atomic E-state index is 0.116. The topological polar surface area (TPSA) is 29.4 Å². The van der Waals surface area contributed by atoms with Crippen molar-refractivity contribution in [1.82, 2.24) is 0 Å². The Morgan fingerprint density at radius 1 is 1.89 bits per heavy atom. The second-order valence-electron chi connectivity index (χ2n) is 2.08.